The van der Waals surface area contributed by atoms with Crippen molar-refractivity contribution in [2.75, 3.05) is 19.8 Å². The van der Waals surface area contributed by atoms with E-state index >= 15 is 0 Å². The Morgan fingerprint density at radius 1 is 1.02 bits per heavy atom. The summed E-state index contributed by atoms with van der Waals surface area (Å²) in [6.45, 7) is 3.70. The van der Waals surface area contributed by atoms with E-state index in [0.29, 0.717) is 0 Å². The SMILES string of the molecule is CC(C)(C)OC(=O)N[C@H]1COC(=O)CCCC(CNC(=O)OCC(Cl)(Cl)Cl)OC(=O)[C@H](O)[C@H](CC2CCCCC2)NC1=O. The Kier molecular flexibility index (Phi) is 14.9. The van der Waals surface area contributed by atoms with Crippen molar-refractivity contribution < 1.29 is 48.0 Å². The van der Waals surface area contributed by atoms with Crippen molar-refractivity contribution in [3.05, 3.63) is 0 Å². The van der Waals surface area contributed by atoms with E-state index in [1.807, 2.05) is 0 Å². The number of aliphatic hydroxyl groups is 1. The summed E-state index contributed by atoms with van der Waals surface area (Å²) in [5.74, 6) is -2.35. The number of hydrogen-bond donors (Lipinski definition) is 4. The predicted octanol–water partition coefficient (Wildman–Crippen LogP) is 3.43. The number of carbonyl (C=O) groups is 5. The molecular formula is C27H42Cl3N3O10. The first-order valence-corrected chi connectivity index (χ1v) is 15.5. The van der Waals surface area contributed by atoms with Crippen LogP contribution in [0.15, 0.2) is 0 Å². The highest BCUT2D eigenvalue weighted by molar-refractivity contribution is 6.67. The number of amides is 3. The normalized spacial score (nSPS) is 25.3. The number of alkyl carbamates (subject to hydrolysis) is 2. The molecule has 4 atom stereocenters. The van der Waals surface area contributed by atoms with Gasteiger partial charge in [-0.3, -0.25) is 9.59 Å². The van der Waals surface area contributed by atoms with Gasteiger partial charge in [-0.2, -0.15) is 0 Å². The third kappa shape index (κ3) is 15.4. The van der Waals surface area contributed by atoms with Gasteiger partial charge in [-0.25, -0.2) is 14.4 Å². The summed E-state index contributed by atoms with van der Waals surface area (Å²) in [7, 11) is 0. The molecule has 0 aromatic heterocycles. The van der Waals surface area contributed by atoms with Crippen molar-refractivity contribution in [2.24, 2.45) is 5.92 Å². The van der Waals surface area contributed by atoms with Crippen LogP contribution in [0.5, 0.6) is 0 Å². The molecule has 1 saturated carbocycles. The van der Waals surface area contributed by atoms with Crippen LogP contribution in [-0.2, 0) is 33.3 Å². The van der Waals surface area contributed by atoms with Gasteiger partial charge in [-0.05, 0) is 46.0 Å². The van der Waals surface area contributed by atoms with Gasteiger partial charge in [0.1, 0.15) is 31.0 Å². The quantitative estimate of drug-likeness (QED) is 0.185. The number of hydrogen-bond acceptors (Lipinski definition) is 10. The molecule has 16 heteroatoms. The van der Waals surface area contributed by atoms with Gasteiger partial charge in [-0.1, -0.05) is 66.9 Å². The number of nitrogens with one attached hydrogen (secondary N) is 3. The van der Waals surface area contributed by atoms with E-state index in [1.54, 1.807) is 20.8 Å². The monoisotopic (exact) mass is 673 g/mol. The molecule has 1 aliphatic carbocycles. The summed E-state index contributed by atoms with van der Waals surface area (Å²) in [5.41, 5.74) is -0.854. The summed E-state index contributed by atoms with van der Waals surface area (Å²) in [6.07, 6.45) is 0.586. The zero-order valence-corrected chi connectivity index (χ0v) is 26.9. The molecule has 2 rings (SSSR count). The molecule has 1 saturated heterocycles. The highest BCUT2D eigenvalue weighted by Crippen LogP contribution is 2.29. The Morgan fingerprint density at radius 3 is 2.33 bits per heavy atom. The minimum absolute atomic E-state index is 0.109. The van der Waals surface area contributed by atoms with Crippen LogP contribution in [0.1, 0.15) is 78.6 Å². The minimum Gasteiger partial charge on any atom is -0.463 e. The number of halogens is 3. The first kappa shape index (κ1) is 37.0. The van der Waals surface area contributed by atoms with Crippen molar-refractivity contribution in [2.45, 2.75) is 112 Å². The second-order valence-electron chi connectivity index (χ2n) is 11.7. The van der Waals surface area contributed by atoms with E-state index in [0.717, 1.165) is 32.1 Å². The molecule has 13 nitrogen and oxygen atoms in total. The topological polar surface area (TPSA) is 179 Å². The van der Waals surface area contributed by atoms with Crippen LogP contribution in [0.25, 0.3) is 0 Å². The van der Waals surface area contributed by atoms with E-state index < -0.39 is 76.9 Å². The molecule has 0 radical (unpaired) electrons. The second-order valence-corrected chi connectivity index (χ2v) is 14.2. The van der Waals surface area contributed by atoms with E-state index in [9.17, 15) is 29.1 Å². The smallest absolute Gasteiger partial charge is 0.408 e. The highest BCUT2D eigenvalue weighted by Gasteiger charge is 2.36. The van der Waals surface area contributed by atoms with Crippen LogP contribution < -0.4 is 16.0 Å². The van der Waals surface area contributed by atoms with Gasteiger partial charge in [0.15, 0.2) is 6.10 Å². The highest BCUT2D eigenvalue weighted by atomic mass is 35.6. The van der Waals surface area contributed by atoms with Gasteiger partial charge in [0.05, 0.1) is 12.6 Å². The van der Waals surface area contributed by atoms with Gasteiger partial charge >= 0.3 is 24.1 Å². The van der Waals surface area contributed by atoms with Crippen molar-refractivity contribution >= 4 is 64.8 Å². The van der Waals surface area contributed by atoms with Gasteiger partial charge in [0, 0.05) is 6.42 Å². The summed E-state index contributed by atoms with van der Waals surface area (Å²) < 4.78 is 19.0. The first-order chi connectivity index (χ1) is 20.0. The Bertz CT molecular complexity index is 967. The summed E-state index contributed by atoms with van der Waals surface area (Å²) >= 11 is 16.7. The van der Waals surface area contributed by atoms with Crippen molar-refractivity contribution in [1.29, 1.82) is 0 Å². The predicted molar refractivity (Wildman–Crippen MR) is 157 cm³/mol. The Morgan fingerprint density at radius 2 is 1.70 bits per heavy atom. The van der Waals surface area contributed by atoms with Gasteiger partial charge in [-0.15, -0.1) is 0 Å². The van der Waals surface area contributed by atoms with Crippen LogP contribution in [0.3, 0.4) is 0 Å². The molecule has 2 aliphatic rings. The molecule has 2 fully saturated rings. The first-order valence-electron chi connectivity index (χ1n) is 14.3. The van der Waals surface area contributed by atoms with Crippen LogP contribution >= 0.6 is 34.8 Å². The number of alkyl halides is 3. The molecule has 0 bridgehead atoms. The summed E-state index contributed by atoms with van der Waals surface area (Å²) in [6, 6.07) is -2.43. The fraction of sp³-hybridized carbons (Fsp3) is 0.815. The van der Waals surface area contributed by atoms with E-state index in [1.165, 1.54) is 0 Å². The molecule has 0 spiro atoms. The largest absolute Gasteiger partial charge is 0.463 e. The maximum absolute atomic E-state index is 13.3. The Labute approximate surface area is 266 Å². The number of esters is 2. The lowest BCUT2D eigenvalue weighted by Crippen LogP contribution is -2.57. The molecule has 0 aromatic carbocycles. The molecule has 246 valence electrons. The third-order valence-corrected chi connectivity index (χ3v) is 7.04. The lowest BCUT2D eigenvalue weighted by atomic mass is 9.83. The van der Waals surface area contributed by atoms with Crippen LogP contribution in [0.2, 0.25) is 0 Å². The fourth-order valence-electron chi connectivity index (χ4n) is 4.68. The molecule has 4 N–H and O–H groups in total. The maximum Gasteiger partial charge on any atom is 0.408 e. The molecule has 1 unspecified atom stereocenters. The lowest BCUT2D eigenvalue weighted by Gasteiger charge is -2.31. The average molecular weight is 675 g/mol. The van der Waals surface area contributed by atoms with Gasteiger partial charge in [0.2, 0.25) is 9.70 Å². The zero-order valence-electron chi connectivity index (χ0n) is 24.6. The van der Waals surface area contributed by atoms with Crippen molar-refractivity contribution in [3.8, 4) is 0 Å². The van der Waals surface area contributed by atoms with E-state index in [2.05, 4.69) is 16.0 Å². The molecule has 43 heavy (non-hydrogen) atoms. The van der Waals surface area contributed by atoms with Crippen LogP contribution in [0, 0.1) is 5.92 Å². The standard InChI is InChI=1S/C27H42Cl3N3O10/c1-26(2,3)43-25(39)33-19-14-40-20(34)11-7-10-17(13-31-24(38)41-15-27(28,29)30)42-23(37)21(35)18(32-22(19)36)12-16-8-5-4-6-9-16/h16-19,21,35H,4-15H2,1-3H3,(H,31,38)(H,32,36)(H,33,39)/t17?,18-,19-,21+/m0/s1. The number of rotatable bonds is 6. The minimum atomic E-state index is -1.82. The van der Waals surface area contributed by atoms with E-state index in [-0.39, 0.29) is 38.1 Å². The third-order valence-electron chi connectivity index (χ3n) is 6.71. The molecule has 3 amide bonds. The van der Waals surface area contributed by atoms with E-state index in [4.69, 9.17) is 53.8 Å². The second kappa shape index (κ2) is 17.3. The number of cyclic esters (lactones) is 2. The average Bonchev–Trinajstić information content (AvgIpc) is 2.90. The number of ether oxygens (including phenoxy) is 4. The number of carbonyl (C=O) groups excluding carboxylic acids is 5. The van der Waals surface area contributed by atoms with Crippen LogP contribution in [0.4, 0.5) is 9.59 Å². The number of aliphatic hydroxyl groups excluding tert-OH is 1. The zero-order chi connectivity index (χ0) is 32.2. The Balaban J connectivity index is 2.22. The van der Waals surface area contributed by atoms with Crippen molar-refractivity contribution in [3.63, 3.8) is 0 Å². The van der Waals surface area contributed by atoms with Gasteiger partial charge < -0.3 is 40.0 Å². The maximum atomic E-state index is 13.3. The molecule has 0 aromatic rings. The Hall–Kier alpha value is -2.22. The molecule has 1 heterocycles. The van der Waals surface area contributed by atoms with Crippen LogP contribution in [-0.4, -0.2) is 88.6 Å². The van der Waals surface area contributed by atoms with Crippen molar-refractivity contribution in [1.82, 2.24) is 16.0 Å². The molecular weight excluding hydrogens is 633 g/mol. The summed E-state index contributed by atoms with van der Waals surface area (Å²) in [5, 5.41) is 18.5. The lowest BCUT2D eigenvalue weighted by molar-refractivity contribution is -0.161. The van der Waals surface area contributed by atoms with Gasteiger partial charge in [0.25, 0.3) is 0 Å². The summed E-state index contributed by atoms with van der Waals surface area (Å²) in [4.78, 5) is 63.4. The fourth-order valence-corrected chi connectivity index (χ4v) is 4.85. The molecule has 1 aliphatic heterocycles.